The minimum Gasteiger partial charge on any atom is -0.478 e. The standard InChI is InChI=1S/C21H20ClF3N4O4/c1-11-7-13(8-12(2)17(11)33-20(3,4)18(30)31)10-28-19(32)29(27-26-28)14-5-6-16(22)15(9-14)21(23,24)25/h5-9H,10H2,1-4H3,(H,30,31). The maximum Gasteiger partial charge on any atom is 0.417 e. The number of hydrogen-bond acceptors (Lipinski definition) is 5. The van der Waals surface area contributed by atoms with Crippen molar-refractivity contribution in [3.05, 3.63) is 68.1 Å². The summed E-state index contributed by atoms with van der Waals surface area (Å²) in [7, 11) is 0. The van der Waals surface area contributed by atoms with Gasteiger partial charge in [-0.05, 0) is 73.0 Å². The van der Waals surface area contributed by atoms with Gasteiger partial charge in [-0.3, -0.25) is 0 Å². The van der Waals surface area contributed by atoms with Crippen LogP contribution in [0.3, 0.4) is 0 Å². The monoisotopic (exact) mass is 484 g/mol. The molecule has 0 aliphatic heterocycles. The molecule has 0 saturated heterocycles. The van der Waals surface area contributed by atoms with Crippen LogP contribution in [0.5, 0.6) is 5.75 Å². The van der Waals surface area contributed by atoms with Gasteiger partial charge in [-0.2, -0.15) is 22.5 Å². The molecule has 8 nitrogen and oxygen atoms in total. The minimum absolute atomic E-state index is 0.0111. The van der Waals surface area contributed by atoms with Gasteiger partial charge in [-0.15, -0.1) is 0 Å². The van der Waals surface area contributed by atoms with E-state index in [2.05, 4.69) is 10.4 Å². The molecule has 3 rings (SSSR count). The zero-order chi connectivity index (χ0) is 24.7. The van der Waals surface area contributed by atoms with Crippen LogP contribution in [0.15, 0.2) is 35.1 Å². The highest BCUT2D eigenvalue weighted by molar-refractivity contribution is 6.31. The van der Waals surface area contributed by atoms with E-state index < -0.39 is 34.0 Å². The largest absolute Gasteiger partial charge is 0.478 e. The van der Waals surface area contributed by atoms with E-state index in [0.29, 0.717) is 22.4 Å². The lowest BCUT2D eigenvalue weighted by Gasteiger charge is -2.24. The van der Waals surface area contributed by atoms with Gasteiger partial charge in [0.2, 0.25) is 0 Å². The molecule has 0 bridgehead atoms. The number of aromatic nitrogens is 4. The summed E-state index contributed by atoms with van der Waals surface area (Å²) in [4.78, 5) is 24.1. The molecule has 176 valence electrons. The summed E-state index contributed by atoms with van der Waals surface area (Å²) in [5.41, 5.74) is -1.46. The molecule has 0 aliphatic rings. The van der Waals surface area contributed by atoms with Crippen molar-refractivity contribution < 1.29 is 27.8 Å². The smallest absolute Gasteiger partial charge is 0.417 e. The first kappa shape index (κ1) is 24.3. The zero-order valence-corrected chi connectivity index (χ0v) is 18.8. The molecular weight excluding hydrogens is 465 g/mol. The molecule has 0 fully saturated rings. The number of tetrazole rings is 1. The average molecular weight is 485 g/mol. The van der Waals surface area contributed by atoms with Crippen molar-refractivity contribution in [1.82, 2.24) is 19.8 Å². The number of carbonyl (C=O) groups is 1. The first-order valence-electron chi connectivity index (χ1n) is 9.63. The Morgan fingerprint density at radius 3 is 2.27 bits per heavy atom. The molecule has 12 heteroatoms. The third-order valence-electron chi connectivity index (χ3n) is 4.86. The zero-order valence-electron chi connectivity index (χ0n) is 18.1. The Morgan fingerprint density at radius 1 is 1.12 bits per heavy atom. The molecule has 1 N–H and O–H groups in total. The number of halogens is 4. The molecule has 3 aromatic rings. The molecule has 33 heavy (non-hydrogen) atoms. The van der Waals surface area contributed by atoms with Gasteiger partial charge in [0, 0.05) is 0 Å². The molecule has 0 amide bonds. The van der Waals surface area contributed by atoms with Crippen LogP contribution in [0.1, 0.15) is 36.1 Å². The molecule has 2 aromatic carbocycles. The molecule has 0 saturated carbocycles. The molecule has 0 radical (unpaired) electrons. The summed E-state index contributed by atoms with van der Waals surface area (Å²) in [5, 5.41) is 16.2. The van der Waals surface area contributed by atoms with E-state index in [9.17, 15) is 27.9 Å². The molecule has 0 unspecified atom stereocenters. The van der Waals surface area contributed by atoms with E-state index in [1.165, 1.54) is 19.9 Å². The summed E-state index contributed by atoms with van der Waals surface area (Å²) in [5.74, 6) is -0.715. The number of aryl methyl sites for hydroxylation is 2. The maximum absolute atomic E-state index is 13.1. The fourth-order valence-electron chi connectivity index (χ4n) is 3.16. The Kier molecular flexibility index (Phi) is 6.29. The van der Waals surface area contributed by atoms with E-state index in [4.69, 9.17) is 16.3 Å². The van der Waals surface area contributed by atoms with Crippen molar-refractivity contribution in [3.63, 3.8) is 0 Å². The van der Waals surface area contributed by atoms with Gasteiger partial charge < -0.3 is 9.84 Å². The van der Waals surface area contributed by atoms with Crippen LogP contribution >= 0.6 is 11.6 Å². The highest BCUT2D eigenvalue weighted by atomic mass is 35.5. The Hall–Kier alpha value is -3.34. The van der Waals surface area contributed by atoms with Gasteiger partial charge in [0.1, 0.15) is 5.75 Å². The predicted octanol–water partition coefficient (Wildman–Crippen LogP) is 4.01. The van der Waals surface area contributed by atoms with E-state index >= 15 is 0 Å². The second-order valence-corrected chi connectivity index (χ2v) is 8.38. The Labute approximate surface area is 191 Å². The lowest BCUT2D eigenvalue weighted by molar-refractivity contribution is -0.152. The minimum atomic E-state index is -4.69. The van der Waals surface area contributed by atoms with Crippen molar-refractivity contribution in [2.24, 2.45) is 0 Å². The highest BCUT2D eigenvalue weighted by Gasteiger charge is 2.34. The van der Waals surface area contributed by atoms with Crippen molar-refractivity contribution in [2.45, 2.75) is 46.0 Å². The van der Waals surface area contributed by atoms with E-state index in [-0.39, 0.29) is 12.2 Å². The summed E-state index contributed by atoms with van der Waals surface area (Å²) in [6, 6.07) is 6.41. The molecular formula is C21H20ClF3N4O4. The lowest BCUT2D eigenvalue weighted by Crippen LogP contribution is -2.38. The number of alkyl halides is 3. The van der Waals surface area contributed by atoms with E-state index in [0.717, 1.165) is 21.5 Å². The average Bonchev–Trinajstić information content (AvgIpc) is 3.04. The number of carboxylic acid groups (broad SMARTS) is 1. The normalized spacial score (nSPS) is 12.1. The first-order valence-corrected chi connectivity index (χ1v) is 10.0. The van der Waals surface area contributed by atoms with Crippen molar-refractivity contribution in [2.75, 3.05) is 0 Å². The fourth-order valence-corrected chi connectivity index (χ4v) is 3.39. The lowest BCUT2D eigenvalue weighted by atomic mass is 10.0. The van der Waals surface area contributed by atoms with Crippen LogP contribution in [0.4, 0.5) is 13.2 Å². The van der Waals surface area contributed by atoms with Crippen molar-refractivity contribution in [3.8, 4) is 11.4 Å². The van der Waals surface area contributed by atoms with Crippen molar-refractivity contribution >= 4 is 17.6 Å². The molecule has 0 aliphatic carbocycles. The summed E-state index contributed by atoms with van der Waals surface area (Å²) in [6.07, 6.45) is -4.69. The van der Waals surface area contributed by atoms with Crippen LogP contribution in [0.25, 0.3) is 5.69 Å². The van der Waals surface area contributed by atoms with Gasteiger partial charge in [0.15, 0.2) is 5.60 Å². The number of carboxylic acids is 1. The van der Waals surface area contributed by atoms with Gasteiger partial charge in [0.05, 0.1) is 22.8 Å². The number of nitrogens with zero attached hydrogens (tertiary/aromatic N) is 4. The predicted molar refractivity (Wildman–Crippen MR) is 113 cm³/mol. The fraction of sp³-hybridized carbons (Fsp3) is 0.333. The second kappa shape index (κ2) is 8.54. The summed E-state index contributed by atoms with van der Waals surface area (Å²) >= 11 is 5.63. The van der Waals surface area contributed by atoms with E-state index in [1.54, 1.807) is 26.0 Å². The van der Waals surface area contributed by atoms with Gasteiger partial charge in [-0.25, -0.2) is 9.59 Å². The number of aliphatic carboxylic acids is 1. The summed E-state index contributed by atoms with van der Waals surface area (Å²) in [6.45, 7) is 6.32. The quantitative estimate of drug-likeness (QED) is 0.567. The van der Waals surface area contributed by atoms with Crippen LogP contribution in [-0.2, 0) is 17.5 Å². The van der Waals surface area contributed by atoms with Crippen LogP contribution in [0, 0.1) is 13.8 Å². The SMILES string of the molecule is Cc1cc(Cn2nnn(-c3ccc(Cl)c(C(F)(F)F)c3)c2=O)cc(C)c1OC(C)(C)C(=O)O. The molecule has 0 atom stereocenters. The van der Waals surface area contributed by atoms with Crippen LogP contribution in [0.2, 0.25) is 5.02 Å². The van der Waals surface area contributed by atoms with Gasteiger partial charge in [-0.1, -0.05) is 23.7 Å². The molecule has 1 aromatic heterocycles. The second-order valence-electron chi connectivity index (χ2n) is 7.97. The number of benzene rings is 2. The first-order chi connectivity index (χ1) is 15.2. The molecule has 0 spiro atoms. The number of hydrogen-bond donors (Lipinski definition) is 1. The van der Waals surface area contributed by atoms with Gasteiger partial charge in [0.25, 0.3) is 0 Å². The van der Waals surface area contributed by atoms with Crippen molar-refractivity contribution in [1.29, 1.82) is 0 Å². The topological polar surface area (TPSA) is 99.2 Å². The Morgan fingerprint density at radius 2 is 1.73 bits per heavy atom. The third-order valence-corrected chi connectivity index (χ3v) is 5.19. The number of rotatable bonds is 6. The van der Waals surface area contributed by atoms with Crippen LogP contribution < -0.4 is 10.4 Å². The Balaban J connectivity index is 1.91. The maximum atomic E-state index is 13.1. The summed E-state index contributed by atoms with van der Waals surface area (Å²) < 4.78 is 46.8. The molecule has 1 heterocycles. The number of ether oxygens (including phenoxy) is 1. The van der Waals surface area contributed by atoms with E-state index in [1.807, 2.05) is 0 Å². The highest BCUT2D eigenvalue weighted by Crippen LogP contribution is 2.35. The Bertz CT molecular complexity index is 1260. The third kappa shape index (κ3) is 5.03. The van der Waals surface area contributed by atoms with Crippen LogP contribution in [-0.4, -0.2) is 36.5 Å². The van der Waals surface area contributed by atoms with Gasteiger partial charge >= 0.3 is 17.8 Å².